The normalized spacial score (nSPS) is 23.1. The van der Waals surface area contributed by atoms with Crippen LogP contribution in [0.5, 0.6) is 0 Å². The van der Waals surface area contributed by atoms with Crippen LogP contribution < -0.4 is 5.46 Å². The largest absolute Gasteiger partial charge is 0.495 e. The summed E-state index contributed by atoms with van der Waals surface area (Å²) in [5.74, 6) is 0. The second-order valence-corrected chi connectivity index (χ2v) is 4.83. The molecule has 1 fully saturated rings. The van der Waals surface area contributed by atoms with E-state index in [9.17, 15) is 0 Å². The van der Waals surface area contributed by atoms with E-state index in [1.165, 1.54) is 0 Å². The minimum Gasteiger partial charge on any atom is -0.399 e. The van der Waals surface area contributed by atoms with E-state index >= 15 is 0 Å². The molecule has 2 nitrogen and oxygen atoms in total. The van der Waals surface area contributed by atoms with E-state index in [2.05, 4.69) is 12.1 Å². The highest BCUT2D eigenvalue weighted by Gasteiger charge is 2.51. The van der Waals surface area contributed by atoms with E-state index in [-0.39, 0.29) is 18.3 Å². The zero-order valence-corrected chi connectivity index (χ0v) is 9.63. The number of hydrogen-bond acceptors (Lipinski definition) is 2. The Kier molecular flexibility index (Phi) is 2.40. The van der Waals surface area contributed by atoms with Crippen LogP contribution in [0.1, 0.15) is 27.7 Å². The molecule has 1 aliphatic rings. The predicted molar refractivity (Wildman–Crippen MR) is 59.8 cm³/mol. The van der Waals surface area contributed by atoms with Crippen LogP contribution in [0.3, 0.4) is 0 Å². The lowest BCUT2D eigenvalue weighted by Crippen LogP contribution is -2.41. The molecule has 0 bridgehead atoms. The van der Waals surface area contributed by atoms with Crippen LogP contribution in [0, 0.1) is 12.1 Å². The van der Waals surface area contributed by atoms with Gasteiger partial charge in [0, 0.05) is 0 Å². The van der Waals surface area contributed by atoms with Gasteiger partial charge in [-0.3, -0.25) is 0 Å². The lowest BCUT2D eigenvalue weighted by Gasteiger charge is -2.32. The minimum absolute atomic E-state index is 0.290. The molecule has 3 heteroatoms. The van der Waals surface area contributed by atoms with Gasteiger partial charge in [0.1, 0.15) is 0 Å². The van der Waals surface area contributed by atoms with Crippen molar-refractivity contribution in [1.82, 2.24) is 0 Å². The summed E-state index contributed by atoms with van der Waals surface area (Å²) in [6.45, 7) is 8.17. The summed E-state index contributed by atoms with van der Waals surface area (Å²) < 4.78 is 11.8. The third-order valence-corrected chi connectivity index (χ3v) is 3.18. The second kappa shape index (κ2) is 3.36. The van der Waals surface area contributed by atoms with Gasteiger partial charge in [-0.15, -0.1) is 0 Å². The zero-order chi connectivity index (χ0) is 11.1. The van der Waals surface area contributed by atoms with Gasteiger partial charge in [-0.1, -0.05) is 18.2 Å². The van der Waals surface area contributed by atoms with Gasteiger partial charge in [-0.05, 0) is 45.3 Å². The highest BCUT2D eigenvalue weighted by Crippen LogP contribution is 2.36. The molecule has 0 amide bonds. The number of rotatable bonds is 1. The molecule has 2 rings (SSSR count). The van der Waals surface area contributed by atoms with Crippen LogP contribution in [-0.4, -0.2) is 18.3 Å². The van der Waals surface area contributed by atoms with Gasteiger partial charge in [0.25, 0.3) is 0 Å². The van der Waals surface area contributed by atoms with Crippen LogP contribution in [0.15, 0.2) is 18.2 Å². The fourth-order valence-corrected chi connectivity index (χ4v) is 1.47. The summed E-state index contributed by atoms with van der Waals surface area (Å²) in [5.41, 5.74) is 0.319. The summed E-state index contributed by atoms with van der Waals surface area (Å²) >= 11 is 0. The Hall–Kier alpha value is -0.795. The van der Waals surface area contributed by atoms with E-state index in [1.54, 1.807) is 0 Å². The van der Waals surface area contributed by atoms with Crippen LogP contribution in [-0.2, 0) is 9.31 Å². The maximum Gasteiger partial charge on any atom is 0.495 e. The standard InChI is InChI=1S/C12H15BO2/c1-11(2)12(3,4)15-13(14-11)10-8-6-5-7-9-10/h5-6,9H,1-4H3. The Balaban J connectivity index is 2.24. The topological polar surface area (TPSA) is 18.5 Å². The molecule has 0 aromatic heterocycles. The summed E-state index contributed by atoms with van der Waals surface area (Å²) in [6.07, 6.45) is 0. The van der Waals surface area contributed by atoms with Crippen molar-refractivity contribution >= 4 is 12.6 Å². The Morgan fingerprint density at radius 1 is 1.07 bits per heavy atom. The summed E-state index contributed by atoms with van der Waals surface area (Å²) in [7, 11) is -0.326. The Bertz CT molecular complexity index is 330. The van der Waals surface area contributed by atoms with Gasteiger partial charge in [0.15, 0.2) is 0 Å². The molecular formula is C12H15BO2. The molecule has 0 N–H and O–H groups in total. The second-order valence-electron chi connectivity index (χ2n) is 4.83. The highest BCUT2D eigenvalue weighted by molar-refractivity contribution is 6.61. The van der Waals surface area contributed by atoms with Gasteiger partial charge in [-0.25, -0.2) is 0 Å². The first kappa shape index (κ1) is 10.7. The molecule has 0 spiro atoms. The average Bonchev–Trinajstić information content (AvgIpc) is 2.38. The average molecular weight is 202 g/mol. The molecule has 0 unspecified atom stereocenters. The van der Waals surface area contributed by atoms with Crippen LogP contribution in [0.2, 0.25) is 0 Å². The molecule has 1 aromatic carbocycles. The predicted octanol–water partition coefficient (Wildman–Crippen LogP) is 1.59. The molecule has 0 saturated carbocycles. The van der Waals surface area contributed by atoms with Gasteiger partial charge >= 0.3 is 7.12 Å². The number of benzene rings is 1. The molecule has 1 aromatic rings. The van der Waals surface area contributed by atoms with E-state index in [4.69, 9.17) is 9.31 Å². The fourth-order valence-electron chi connectivity index (χ4n) is 1.47. The maximum absolute atomic E-state index is 5.88. The summed E-state index contributed by atoms with van der Waals surface area (Å²) in [6, 6.07) is 11.6. The van der Waals surface area contributed by atoms with Crippen molar-refractivity contribution in [1.29, 1.82) is 0 Å². The Labute approximate surface area is 91.7 Å². The first-order valence-electron chi connectivity index (χ1n) is 5.16. The first-order valence-corrected chi connectivity index (χ1v) is 5.16. The van der Waals surface area contributed by atoms with E-state index in [1.807, 2.05) is 45.9 Å². The summed E-state index contributed by atoms with van der Waals surface area (Å²) in [4.78, 5) is 0. The SMILES string of the molecule is CC1(C)OB(c2[c]cc[c]c2)OC1(C)C. The van der Waals surface area contributed by atoms with Gasteiger partial charge in [0.2, 0.25) is 0 Å². The van der Waals surface area contributed by atoms with Crippen molar-refractivity contribution in [2.75, 3.05) is 0 Å². The monoisotopic (exact) mass is 202 g/mol. The molecule has 2 radical (unpaired) electrons. The van der Waals surface area contributed by atoms with Gasteiger partial charge < -0.3 is 9.31 Å². The zero-order valence-electron chi connectivity index (χ0n) is 9.63. The van der Waals surface area contributed by atoms with E-state index < -0.39 is 0 Å². The molecule has 1 aliphatic heterocycles. The molecular weight excluding hydrogens is 187 g/mol. The van der Waals surface area contributed by atoms with Crippen LogP contribution in [0.25, 0.3) is 0 Å². The van der Waals surface area contributed by atoms with Gasteiger partial charge in [0.05, 0.1) is 11.2 Å². The van der Waals surface area contributed by atoms with Gasteiger partial charge in [-0.2, -0.15) is 0 Å². The summed E-state index contributed by atoms with van der Waals surface area (Å²) in [5, 5.41) is 0. The van der Waals surface area contributed by atoms with Crippen molar-refractivity contribution in [2.24, 2.45) is 0 Å². The molecule has 0 atom stereocenters. The van der Waals surface area contributed by atoms with E-state index in [0.29, 0.717) is 0 Å². The molecule has 1 heterocycles. The number of hydrogen-bond donors (Lipinski definition) is 0. The van der Waals surface area contributed by atoms with Crippen molar-refractivity contribution in [2.45, 2.75) is 38.9 Å². The highest BCUT2D eigenvalue weighted by atomic mass is 16.7. The lowest BCUT2D eigenvalue weighted by molar-refractivity contribution is 0.00578. The molecule has 0 aliphatic carbocycles. The molecule has 1 saturated heterocycles. The van der Waals surface area contributed by atoms with Crippen LogP contribution >= 0.6 is 0 Å². The fraction of sp³-hybridized carbons (Fsp3) is 0.500. The van der Waals surface area contributed by atoms with Crippen molar-refractivity contribution in [3.8, 4) is 0 Å². The minimum atomic E-state index is -0.326. The van der Waals surface area contributed by atoms with Crippen molar-refractivity contribution in [3.63, 3.8) is 0 Å². The van der Waals surface area contributed by atoms with Crippen molar-refractivity contribution in [3.05, 3.63) is 30.3 Å². The quantitative estimate of drug-likeness (QED) is 0.643. The smallest absolute Gasteiger partial charge is 0.399 e. The molecule has 15 heavy (non-hydrogen) atoms. The van der Waals surface area contributed by atoms with Crippen molar-refractivity contribution < 1.29 is 9.31 Å². The third-order valence-electron chi connectivity index (χ3n) is 3.18. The lowest BCUT2D eigenvalue weighted by atomic mass is 9.79. The van der Waals surface area contributed by atoms with Crippen LogP contribution in [0.4, 0.5) is 0 Å². The third kappa shape index (κ3) is 1.82. The Morgan fingerprint density at radius 3 is 2.13 bits per heavy atom. The Morgan fingerprint density at radius 2 is 1.67 bits per heavy atom. The molecule has 78 valence electrons. The maximum atomic E-state index is 5.88. The van der Waals surface area contributed by atoms with E-state index in [0.717, 1.165) is 5.46 Å². The first-order chi connectivity index (χ1) is 6.92.